The Kier molecular flexibility index (Phi) is 8.90. The number of rotatable bonds is 11. The highest BCUT2D eigenvalue weighted by molar-refractivity contribution is 7.89. The second-order valence-corrected chi connectivity index (χ2v) is 7.46. The van der Waals surface area contributed by atoms with Crippen molar-refractivity contribution in [3.63, 3.8) is 0 Å². The molecule has 0 spiro atoms. The molecule has 0 fully saturated rings. The summed E-state index contributed by atoms with van der Waals surface area (Å²) >= 11 is 0. The Morgan fingerprint density at radius 2 is 1.75 bits per heavy atom. The van der Waals surface area contributed by atoms with Crippen LogP contribution >= 0.6 is 0 Å². The second kappa shape index (κ2) is 8.97. The molecule has 0 aromatic rings. The van der Waals surface area contributed by atoms with Crippen molar-refractivity contribution in [1.82, 2.24) is 4.31 Å². The minimum absolute atomic E-state index is 0.0208. The zero-order valence-corrected chi connectivity index (χ0v) is 14.5. The van der Waals surface area contributed by atoms with Crippen LogP contribution in [0.3, 0.4) is 0 Å². The van der Waals surface area contributed by atoms with E-state index in [9.17, 15) is 8.42 Å². The van der Waals surface area contributed by atoms with Gasteiger partial charge in [0.25, 0.3) is 0 Å². The molecular formula is C14H32N2O3S. The normalized spacial score (nSPS) is 13.4. The van der Waals surface area contributed by atoms with E-state index in [2.05, 4.69) is 0 Å². The van der Waals surface area contributed by atoms with Gasteiger partial charge in [-0.25, -0.2) is 8.42 Å². The summed E-state index contributed by atoms with van der Waals surface area (Å²) in [6.07, 6.45) is 2.28. The van der Waals surface area contributed by atoms with E-state index in [4.69, 9.17) is 10.5 Å². The molecule has 122 valence electrons. The van der Waals surface area contributed by atoms with Crippen molar-refractivity contribution in [1.29, 1.82) is 0 Å². The highest BCUT2D eigenvalue weighted by Crippen LogP contribution is 2.26. The molecule has 6 heteroatoms. The maximum atomic E-state index is 12.6. The first kappa shape index (κ1) is 19.8. The molecule has 0 aromatic heterocycles. The van der Waals surface area contributed by atoms with E-state index in [0.29, 0.717) is 13.1 Å². The van der Waals surface area contributed by atoms with E-state index >= 15 is 0 Å². The Balaban J connectivity index is 5.13. The Morgan fingerprint density at radius 1 is 1.20 bits per heavy atom. The van der Waals surface area contributed by atoms with Crippen LogP contribution in [0, 0.1) is 0 Å². The molecule has 0 atom stereocenters. The molecule has 0 radical (unpaired) electrons. The summed E-state index contributed by atoms with van der Waals surface area (Å²) in [7, 11) is -3.35. The van der Waals surface area contributed by atoms with Gasteiger partial charge in [0.2, 0.25) is 10.0 Å². The Bertz CT molecular complexity index is 343. The van der Waals surface area contributed by atoms with Gasteiger partial charge in [0.05, 0.1) is 18.5 Å². The molecule has 0 aliphatic carbocycles. The Morgan fingerprint density at radius 3 is 2.10 bits per heavy atom. The summed E-state index contributed by atoms with van der Waals surface area (Å²) in [6, 6.07) is 0. The standard InChI is InChI=1S/C14H32N2O3S/c1-6-9-16(14(7-2,8-3)12-15)20(17,18)11-10-19-13(4)5/h13H,6-12,15H2,1-5H3. The largest absolute Gasteiger partial charge is 0.378 e. The lowest BCUT2D eigenvalue weighted by molar-refractivity contribution is 0.0894. The van der Waals surface area contributed by atoms with Crippen molar-refractivity contribution in [2.24, 2.45) is 5.73 Å². The van der Waals surface area contributed by atoms with Gasteiger partial charge < -0.3 is 10.5 Å². The number of sulfonamides is 1. The predicted octanol–water partition coefficient (Wildman–Crippen LogP) is 1.97. The molecule has 0 aromatic carbocycles. The molecule has 0 aliphatic heterocycles. The van der Waals surface area contributed by atoms with Crippen LogP contribution in [0.5, 0.6) is 0 Å². The van der Waals surface area contributed by atoms with Crippen LogP contribution in [-0.2, 0) is 14.8 Å². The van der Waals surface area contributed by atoms with Crippen molar-refractivity contribution < 1.29 is 13.2 Å². The Labute approximate surface area is 124 Å². The Hall–Kier alpha value is -0.170. The smallest absolute Gasteiger partial charge is 0.216 e. The lowest BCUT2D eigenvalue weighted by Gasteiger charge is -2.41. The third-order valence-corrected chi connectivity index (χ3v) is 5.70. The van der Waals surface area contributed by atoms with E-state index < -0.39 is 15.6 Å². The molecule has 0 aliphatic rings. The summed E-state index contributed by atoms with van der Waals surface area (Å²) in [6.45, 7) is 10.9. The minimum Gasteiger partial charge on any atom is -0.378 e. The van der Waals surface area contributed by atoms with Crippen molar-refractivity contribution in [3.05, 3.63) is 0 Å². The SMILES string of the molecule is CCCN(C(CC)(CC)CN)S(=O)(=O)CCOC(C)C. The average molecular weight is 308 g/mol. The molecular weight excluding hydrogens is 276 g/mol. The van der Waals surface area contributed by atoms with Crippen molar-refractivity contribution in [3.8, 4) is 0 Å². The molecule has 0 amide bonds. The lowest BCUT2D eigenvalue weighted by atomic mass is 9.93. The zero-order valence-electron chi connectivity index (χ0n) is 13.7. The fourth-order valence-electron chi connectivity index (χ4n) is 2.37. The van der Waals surface area contributed by atoms with E-state index in [0.717, 1.165) is 19.3 Å². The fraction of sp³-hybridized carbons (Fsp3) is 1.00. The first-order chi connectivity index (χ1) is 9.29. The van der Waals surface area contributed by atoms with E-state index in [1.807, 2.05) is 34.6 Å². The lowest BCUT2D eigenvalue weighted by Crippen LogP contribution is -2.56. The maximum absolute atomic E-state index is 12.6. The molecule has 2 N–H and O–H groups in total. The molecule has 0 unspecified atom stereocenters. The summed E-state index contributed by atoms with van der Waals surface area (Å²) in [5.41, 5.74) is 5.43. The number of hydrogen-bond donors (Lipinski definition) is 1. The van der Waals surface area contributed by atoms with Crippen LogP contribution in [0.1, 0.15) is 53.9 Å². The number of hydrogen-bond acceptors (Lipinski definition) is 4. The van der Waals surface area contributed by atoms with Crippen LogP contribution in [0.4, 0.5) is 0 Å². The summed E-state index contributed by atoms with van der Waals surface area (Å²) in [5, 5.41) is 0. The third-order valence-electron chi connectivity index (χ3n) is 3.78. The van der Waals surface area contributed by atoms with Gasteiger partial charge in [-0.15, -0.1) is 0 Å². The maximum Gasteiger partial charge on any atom is 0.216 e. The van der Waals surface area contributed by atoms with Gasteiger partial charge in [0.1, 0.15) is 0 Å². The van der Waals surface area contributed by atoms with Crippen LogP contribution in [-0.4, -0.2) is 49.8 Å². The number of ether oxygens (including phenoxy) is 1. The van der Waals surface area contributed by atoms with Crippen LogP contribution < -0.4 is 5.73 Å². The molecule has 20 heavy (non-hydrogen) atoms. The van der Waals surface area contributed by atoms with Gasteiger partial charge in [-0.1, -0.05) is 20.8 Å². The van der Waals surface area contributed by atoms with Crippen molar-refractivity contribution >= 4 is 10.0 Å². The summed E-state index contributed by atoms with van der Waals surface area (Å²) < 4.78 is 32.2. The first-order valence-electron chi connectivity index (χ1n) is 7.61. The predicted molar refractivity (Wildman–Crippen MR) is 84.2 cm³/mol. The van der Waals surface area contributed by atoms with Crippen LogP contribution in [0.25, 0.3) is 0 Å². The number of nitrogens with zero attached hydrogens (tertiary/aromatic N) is 1. The topological polar surface area (TPSA) is 72.6 Å². The summed E-state index contributed by atoms with van der Waals surface area (Å²) in [5.74, 6) is 0.0208. The van der Waals surface area contributed by atoms with Gasteiger partial charge >= 0.3 is 0 Å². The van der Waals surface area contributed by atoms with Gasteiger partial charge in [-0.2, -0.15) is 4.31 Å². The highest BCUT2D eigenvalue weighted by Gasteiger charge is 2.39. The monoisotopic (exact) mass is 308 g/mol. The van der Waals surface area contributed by atoms with E-state index in [-0.39, 0.29) is 18.5 Å². The van der Waals surface area contributed by atoms with Crippen LogP contribution in [0.2, 0.25) is 0 Å². The van der Waals surface area contributed by atoms with Gasteiger partial charge in [-0.05, 0) is 33.1 Å². The third kappa shape index (κ3) is 5.31. The first-order valence-corrected chi connectivity index (χ1v) is 9.22. The number of nitrogens with two attached hydrogens (primary N) is 1. The molecule has 0 saturated heterocycles. The van der Waals surface area contributed by atoms with E-state index in [1.54, 1.807) is 4.31 Å². The zero-order chi connectivity index (χ0) is 15.8. The van der Waals surface area contributed by atoms with Gasteiger partial charge in [0.15, 0.2) is 0 Å². The quantitative estimate of drug-likeness (QED) is 0.633. The van der Waals surface area contributed by atoms with Crippen molar-refractivity contribution in [2.45, 2.75) is 65.5 Å². The average Bonchev–Trinajstić information content (AvgIpc) is 2.39. The van der Waals surface area contributed by atoms with Crippen LogP contribution in [0.15, 0.2) is 0 Å². The van der Waals surface area contributed by atoms with Gasteiger partial charge in [-0.3, -0.25) is 0 Å². The molecule has 0 heterocycles. The highest BCUT2D eigenvalue weighted by atomic mass is 32.2. The minimum atomic E-state index is -3.35. The van der Waals surface area contributed by atoms with E-state index in [1.165, 1.54) is 0 Å². The van der Waals surface area contributed by atoms with Crippen molar-refractivity contribution in [2.75, 3.05) is 25.4 Å². The molecule has 5 nitrogen and oxygen atoms in total. The fourth-order valence-corrected chi connectivity index (χ4v) is 4.28. The molecule has 0 saturated carbocycles. The van der Waals surface area contributed by atoms with Gasteiger partial charge in [0, 0.05) is 18.6 Å². The molecule has 0 rings (SSSR count). The molecule has 0 bridgehead atoms. The second-order valence-electron chi connectivity index (χ2n) is 5.44. The summed E-state index contributed by atoms with van der Waals surface area (Å²) in [4.78, 5) is 0.